The van der Waals surface area contributed by atoms with Crippen molar-refractivity contribution in [2.75, 3.05) is 13.1 Å². The van der Waals surface area contributed by atoms with Crippen LogP contribution in [0, 0.1) is 18.8 Å². The maximum atomic E-state index is 4.35. The first-order valence-electron chi connectivity index (χ1n) is 8.33. The standard InChI is InChI=1S/C18H31N3/c1-13(2)6-17-10-20-18(14(3)4)12-21(17)11-16-7-15(5)8-19-9-16/h7-9,13-14,17-18,20H,6,10-12H2,1-5H3. The average Bonchev–Trinajstić information content (AvgIpc) is 2.40. The molecule has 0 spiro atoms. The van der Waals surface area contributed by atoms with Crippen molar-refractivity contribution in [1.29, 1.82) is 0 Å². The highest BCUT2D eigenvalue weighted by Crippen LogP contribution is 2.20. The molecule has 0 bridgehead atoms. The second-order valence-corrected chi connectivity index (χ2v) is 7.34. The third-order valence-corrected chi connectivity index (χ3v) is 4.43. The van der Waals surface area contributed by atoms with Crippen molar-refractivity contribution in [3.8, 4) is 0 Å². The Morgan fingerprint density at radius 2 is 2.05 bits per heavy atom. The summed E-state index contributed by atoms with van der Waals surface area (Å²) in [4.78, 5) is 7.01. The number of pyridine rings is 1. The second-order valence-electron chi connectivity index (χ2n) is 7.34. The van der Waals surface area contributed by atoms with E-state index in [1.165, 1.54) is 17.5 Å². The Kier molecular flexibility index (Phi) is 5.77. The van der Waals surface area contributed by atoms with Crippen molar-refractivity contribution < 1.29 is 0 Å². The Morgan fingerprint density at radius 3 is 2.67 bits per heavy atom. The zero-order valence-corrected chi connectivity index (χ0v) is 14.3. The molecule has 1 N–H and O–H groups in total. The van der Waals surface area contributed by atoms with Gasteiger partial charge in [-0.15, -0.1) is 0 Å². The van der Waals surface area contributed by atoms with Crippen molar-refractivity contribution in [3.05, 3.63) is 29.6 Å². The van der Waals surface area contributed by atoms with E-state index in [1.807, 2.05) is 12.4 Å². The van der Waals surface area contributed by atoms with E-state index < -0.39 is 0 Å². The first-order chi connectivity index (χ1) is 9.95. The van der Waals surface area contributed by atoms with Gasteiger partial charge in [-0.2, -0.15) is 0 Å². The fraction of sp³-hybridized carbons (Fsp3) is 0.722. The van der Waals surface area contributed by atoms with Crippen LogP contribution in [-0.2, 0) is 6.54 Å². The number of nitrogens with zero attached hydrogens (tertiary/aromatic N) is 2. The van der Waals surface area contributed by atoms with Gasteiger partial charge in [0.2, 0.25) is 0 Å². The molecule has 2 unspecified atom stereocenters. The molecule has 1 aliphatic heterocycles. The Bertz CT molecular complexity index is 442. The fourth-order valence-electron chi connectivity index (χ4n) is 3.24. The van der Waals surface area contributed by atoms with Gasteiger partial charge in [0.15, 0.2) is 0 Å². The first kappa shape index (κ1) is 16.4. The Labute approximate surface area is 130 Å². The summed E-state index contributed by atoms with van der Waals surface area (Å²) in [5.74, 6) is 1.42. The highest BCUT2D eigenvalue weighted by molar-refractivity contribution is 5.16. The van der Waals surface area contributed by atoms with E-state index in [-0.39, 0.29) is 0 Å². The van der Waals surface area contributed by atoms with Gasteiger partial charge in [-0.05, 0) is 36.3 Å². The summed E-state index contributed by atoms with van der Waals surface area (Å²) in [6.45, 7) is 14.7. The molecule has 1 fully saturated rings. The summed E-state index contributed by atoms with van der Waals surface area (Å²) in [6, 6.07) is 3.51. The summed E-state index contributed by atoms with van der Waals surface area (Å²) in [5.41, 5.74) is 2.59. The largest absolute Gasteiger partial charge is 0.311 e. The Balaban J connectivity index is 2.08. The number of hydrogen-bond acceptors (Lipinski definition) is 3. The minimum Gasteiger partial charge on any atom is -0.311 e. The smallest absolute Gasteiger partial charge is 0.0313 e. The molecule has 2 atom stereocenters. The van der Waals surface area contributed by atoms with Crippen LogP contribution in [0.15, 0.2) is 18.5 Å². The molecule has 0 radical (unpaired) electrons. The number of aromatic nitrogens is 1. The topological polar surface area (TPSA) is 28.2 Å². The second kappa shape index (κ2) is 7.37. The molecule has 3 nitrogen and oxygen atoms in total. The van der Waals surface area contributed by atoms with Gasteiger partial charge in [0.25, 0.3) is 0 Å². The molecule has 1 aromatic rings. The highest BCUT2D eigenvalue weighted by Gasteiger charge is 2.29. The summed E-state index contributed by atoms with van der Waals surface area (Å²) >= 11 is 0. The van der Waals surface area contributed by atoms with Gasteiger partial charge in [-0.1, -0.05) is 33.8 Å². The van der Waals surface area contributed by atoms with Gasteiger partial charge in [0, 0.05) is 44.1 Å². The maximum absolute atomic E-state index is 4.35. The van der Waals surface area contributed by atoms with E-state index in [0.29, 0.717) is 18.0 Å². The van der Waals surface area contributed by atoms with Gasteiger partial charge < -0.3 is 5.32 Å². The molecular formula is C18H31N3. The molecule has 2 rings (SSSR count). The highest BCUT2D eigenvalue weighted by atomic mass is 15.2. The molecule has 0 aliphatic carbocycles. The molecule has 1 aliphatic rings. The molecule has 1 saturated heterocycles. The molecular weight excluding hydrogens is 258 g/mol. The van der Waals surface area contributed by atoms with Crippen LogP contribution >= 0.6 is 0 Å². The summed E-state index contributed by atoms with van der Waals surface area (Å²) in [7, 11) is 0. The molecule has 118 valence electrons. The van der Waals surface area contributed by atoms with Crippen molar-refractivity contribution in [2.24, 2.45) is 11.8 Å². The third-order valence-electron chi connectivity index (χ3n) is 4.43. The zero-order chi connectivity index (χ0) is 15.4. The number of rotatable bonds is 5. The van der Waals surface area contributed by atoms with Crippen molar-refractivity contribution in [2.45, 2.75) is 59.7 Å². The molecule has 21 heavy (non-hydrogen) atoms. The lowest BCUT2D eigenvalue weighted by Gasteiger charge is -2.42. The Morgan fingerprint density at radius 1 is 1.29 bits per heavy atom. The van der Waals surface area contributed by atoms with Gasteiger partial charge in [0.1, 0.15) is 0 Å². The SMILES string of the molecule is Cc1cncc(CN2CC(C(C)C)NCC2CC(C)C)c1. The minimum absolute atomic E-state index is 0.603. The van der Waals surface area contributed by atoms with E-state index >= 15 is 0 Å². The van der Waals surface area contributed by atoms with Crippen LogP contribution in [0.25, 0.3) is 0 Å². The van der Waals surface area contributed by atoms with E-state index in [2.05, 4.69) is 55.9 Å². The summed E-state index contributed by atoms with van der Waals surface area (Å²) in [5, 5.41) is 3.74. The summed E-state index contributed by atoms with van der Waals surface area (Å²) < 4.78 is 0. The van der Waals surface area contributed by atoms with Crippen LogP contribution in [-0.4, -0.2) is 35.1 Å². The van der Waals surface area contributed by atoms with Crippen molar-refractivity contribution in [1.82, 2.24) is 15.2 Å². The van der Waals surface area contributed by atoms with E-state index in [0.717, 1.165) is 25.6 Å². The van der Waals surface area contributed by atoms with Crippen molar-refractivity contribution >= 4 is 0 Å². The van der Waals surface area contributed by atoms with Crippen LogP contribution in [0.4, 0.5) is 0 Å². The molecule has 0 saturated carbocycles. The van der Waals surface area contributed by atoms with Crippen LogP contribution in [0.3, 0.4) is 0 Å². The normalized spacial score (nSPS) is 24.0. The van der Waals surface area contributed by atoms with Crippen molar-refractivity contribution in [3.63, 3.8) is 0 Å². The molecule has 0 aromatic carbocycles. The first-order valence-corrected chi connectivity index (χ1v) is 8.33. The number of hydrogen-bond donors (Lipinski definition) is 1. The molecule has 1 aromatic heterocycles. The van der Waals surface area contributed by atoms with Crippen LogP contribution in [0.5, 0.6) is 0 Å². The van der Waals surface area contributed by atoms with Crippen LogP contribution in [0.1, 0.15) is 45.2 Å². The third kappa shape index (κ3) is 4.79. The fourth-order valence-corrected chi connectivity index (χ4v) is 3.24. The lowest BCUT2D eigenvalue weighted by Crippen LogP contribution is -2.57. The van der Waals surface area contributed by atoms with Crippen LogP contribution < -0.4 is 5.32 Å². The average molecular weight is 289 g/mol. The predicted octanol–water partition coefficient (Wildman–Crippen LogP) is 3.23. The minimum atomic E-state index is 0.603. The lowest BCUT2D eigenvalue weighted by atomic mass is 9.94. The lowest BCUT2D eigenvalue weighted by molar-refractivity contribution is 0.0923. The molecule has 0 amide bonds. The van der Waals surface area contributed by atoms with Gasteiger partial charge >= 0.3 is 0 Å². The zero-order valence-electron chi connectivity index (χ0n) is 14.3. The molecule has 2 heterocycles. The van der Waals surface area contributed by atoms with Gasteiger partial charge in [-0.3, -0.25) is 9.88 Å². The monoisotopic (exact) mass is 289 g/mol. The van der Waals surface area contributed by atoms with Gasteiger partial charge in [-0.25, -0.2) is 0 Å². The van der Waals surface area contributed by atoms with E-state index in [1.54, 1.807) is 0 Å². The molecule has 3 heteroatoms. The number of aryl methyl sites for hydroxylation is 1. The van der Waals surface area contributed by atoms with E-state index in [9.17, 15) is 0 Å². The quantitative estimate of drug-likeness (QED) is 0.902. The van der Waals surface area contributed by atoms with Crippen LogP contribution in [0.2, 0.25) is 0 Å². The van der Waals surface area contributed by atoms with Gasteiger partial charge in [0.05, 0.1) is 0 Å². The number of nitrogens with one attached hydrogen (secondary N) is 1. The maximum Gasteiger partial charge on any atom is 0.0313 e. The number of piperazine rings is 1. The Hall–Kier alpha value is -0.930. The predicted molar refractivity (Wildman–Crippen MR) is 89.3 cm³/mol. The van der Waals surface area contributed by atoms with E-state index in [4.69, 9.17) is 0 Å². The summed E-state index contributed by atoms with van der Waals surface area (Å²) in [6.07, 6.45) is 5.21.